The number of aryl methyl sites for hydroxylation is 3. The Hall–Kier alpha value is -2.11. The molecule has 2 aromatic carbocycles. The lowest BCUT2D eigenvalue weighted by molar-refractivity contribution is -0.115. The summed E-state index contributed by atoms with van der Waals surface area (Å²) in [6.45, 7) is 6.30. The highest BCUT2D eigenvalue weighted by molar-refractivity contribution is 7.98. The molecule has 0 saturated heterocycles. The lowest BCUT2D eigenvalue weighted by atomic mass is 9.98. The number of thioether (sulfide) groups is 1. The third kappa shape index (κ3) is 4.34. The molecular formula is C21H22N2OS2. The zero-order valence-electron chi connectivity index (χ0n) is 15.4. The Labute approximate surface area is 162 Å². The Morgan fingerprint density at radius 3 is 2.38 bits per heavy atom. The van der Waals surface area contributed by atoms with Gasteiger partial charge in [-0.2, -0.15) is 0 Å². The van der Waals surface area contributed by atoms with Crippen LogP contribution >= 0.6 is 23.1 Å². The van der Waals surface area contributed by atoms with Gasteiger partial charge in [0.2, 0.25) is 5.91 Å². The average Bonchev–Trinajstić information content (AvgIpc) is 3.02. The number of carbonyl (C=O) groups excluding carboxylic acids is 1. The largest absolute Gasteiger partial charge is 0.302 e. The van der Waals surface area contributed by atoms with Gasteiger partial charge in [-0.3, -0.25) is 4.79 Å². The zero-order valence-corrected chi connectivity index (χ0v) is 17.1. The monoisotopic (exact) mass is 382 g/mol. The van der Waals surface area contributed by atoms with Crippen LogP contribution in [0.25, 0.3) is 11.3 Å². The van der Waals surface area contributed by atoms with Crippen molar-refractivity contribution in [1.29, 1.82) is 0 Å². The van der Waals surface area contributed by atoms with E-state index in [0.29, 0.717) is 11.6 Å². The fourth-order valence-electron chi connectivity index (χ4n) is 3.12. The number of carbonyl (C=O) groups is 1. The minimum absolute atomic E-state index is 0.0415. The topological polar surface area (TPSA) is 42.0 Å². The molecule has 0 fully saturated rings. The van der Waals surface area contributed by atoms with Gasteiger partial charge in [0.05, 0.1) is 12.1 Å². The summed E-state index contributed by atoms with van der Waals surface area (Å²) < 4.78 is 0. The van der Waals surface area contributed by atoms with Gasteiger partial charge in [-0.25, -0.2) is 4.98 Å². The van der Waals surface area contributed by atoms with E-state index in [1.165, 1.54) is 32.9 Å². The van der Waals surface area contributed by atoms with E-state index < -0.39 is 0 Å². The molecule has 3 rings (SSSR count). The number of aromatic nitrogens is 1. The molecule has 1 aromatic heterocycles. The Morgan fingerprint density at radius 1 is 1.12 bits per heavy atom. The second-order valence-electron chi connectivity index (χ2n) is 6.38. The first-order valence-corrected chi connectivity index (χ1v) is 10.5. The van der Waals surface area contributed by atoms with Crippen molar-refractivity contribution in [3.05, 3.63) is 64.0 Å². The summed E-state index contributed by atoms with van der Waals surface area (Å²) in [6, 6.07) is 12.4. The van der Waals surface area contributed by atoms with E-state index in [9.17, 15) is 4.79 Å². The molecule has 0 unspecified atom stereocenters. The quantitative estimate of drug-likeness (QED) is 0.581. The van der Waals surface area contributed by atoms with Gasteiger partial charge in [0.25, 0.3) is 0 Å². The molecule has 1 heterocycles. The third-order valence-corrected chi connectivity index (χ3v) is 5.71. The average molecular weight is 383 g/mol. The van der Waals surface area contributed by atoms with E-state index in [4.69, 9.17) is 0 Å². The highest BCUT2D eigenvalue weighted by atomic mass is 32.2. The van der Waals surface area contributed by atoms with Crippen LogP contribution in [0.5, 0.6) is 0 Å². The number of nitrogens with one attached hydrogen (secondary N) is 1. The highest BCUT2D eigenvalue weighted by Crippen LogP contribution is 2.31. The normalized spacial score (nSPS) is 10.8. The Morgan fingerprint density at radius 2 is 1.77 bits per heavy atom. The van der Waals surface area contributed by atoms with Gasteiger partial charge in [0.15, 0.2) is 5.13 Å². The Bertz CT molecular complexity index is 906. The predicted molar refractivity (Wildman–Crippen MR) is 112 cm³/mol. The number of amides is 1. The van der Waals surface area contributed by atoms with Crippen LogP contribution in [0, 0.1) is 20.8 Å². The summed E-state index contributed by atoms with van der Waals surface area (Å²) in [5.74, 6) is -0.0415. The van der Waals surface area contributed by atoms with Crippen LogP contribution in [0.1, 0.15) is 22.3 Å². The summed E-state index contributed by atoms with van der Waals surface area (Å²) in [7, 11) is 0. The molecule has 0 aliphatic heterocycles. The summed E-state index contributed by atoms with van der Waals surface area (Å²) >= 11 is 3.16. The highest BCUT2D eigenvalue weighted by Gasteiger charge is 2.12. The first-order chi connectivity index (χ1) is 12.5. The van der Waals surface area contributed by atoms with Gasteiger partial charge >= 0.3 is 0 Å². The Balaban J connectivity index is 1.71. The fraction of sp³-hybridized carbons (Fsp3) is 0.238. The van der Waals surface area contributed by atoms with E-state index in [1.807, 2.05) is 35.9 Å². The summed E-state index contributed by atoms with van der Waals surface area (Å²) in [5, 5.41) is 5.57. The van der Waals surface area contributed by atoms with Crippen molar-refractivity contribution in [3.8, 4) is 11.3 Å². The minimum Gasteiger partial charge on any atom is -0.302 e. The molecule has 3 aromatic rings. The number of benzene rings is 2. The molecule has 0 bridgehead atoms. The molecule has 26 heavy (non-hydrogen) atoms. The van der Waals surface area contributed by atoms with Crippen molar-refractivity contribution in [2.45, 2.75) is 32.1 Å². The molecule has 5 heteroatoms. The molecule has 0 saturated carbocycles. The molecule has 0 aliphatic carbocycles. The fourth-order valence-corrected chi connectivity index (χ4v) is 4.25. The first-order valence-electron chi connectivity index (χ1n) is 8.43. The number of anilines is 1. The molecule has 0 atom stereocenters. The smallest absolute Gasteiger partial charge is 0.230 e. The second-order valence-corrected chi connectivity index (χ2v) is 8.12. The van der Waals surface area contributed by atoms with E-state index in [0.717, 1.165) is 16.8 Å². The lowest BCUT2D eigenvalue weighted by Gasteiger charge is -2.08. The summed E-state index contributed by atoms with van der Waals surface area (Å²) in [4.78, 5) is 18.1. The number of rotatable bonds is 5. The van der Waals surface area contributed by atoms with Crippen molar-refractivity contribution < 1.29 is 4.79 Å². The zero-order chi connectivity index (χ0) is 18.7. The van der Waals surface area contributed by atoms with Crippen molar-refractivity contribution in [2.75, 3.05) is 11.6 Å². The van der Waals surface area contributed by atoms with Gasteiger partial charge in [-0.05, 0) is 55.9 Å². The molecule has 0 radical (unpaired) electrons. The lowest BCUT2D eigenvalue weighted by Crippen LogP contribution is -2.14. The van der Waals surface area contributed by atoms with Gasteiger partial charge in [0.1, 0.15) is 0 Å². The van der Waals surface area contributed by atoms with Gasteiger partial charge in [-0.1, -0.05) is 29.8 Å². The molecule has 134 valence electrons. The van der Waals surface area contributed by atoms with Crippen molar-refractivity contribution in [3.63, 3.8) is 0 Å². The maximum atomic E-state index is 12.3. The number of thiazole rings is 1. The van der Waals surface area contributed by atoms with Gasteiger partial charge in [0, 0.05) is 15.8 Å². The van der Waals surface area contributed by atoms with Crippen molar-refractivity contribution in [2.24, 2.45) is 0 Å². The van der Waals surface area contributed by atoms with E-state index in [2.05, 4.69) is 43.2 Å². The number of hydrogen-bond acceptors (Lipinski definition) is 4. The van der Waals surface area contributed by atoms with E-state index in [-0.39, 0.29) is 5.91 Å². The SMILES string of the molecule is CSc1ccc(CC(=O)Nc2nc(-c3c(C)cc(C)cc3C)cs2)cc1. The summed E-state index contributed by atoms with van der Waals surface area (Å²) in [5.41, 5.74) is 6.74. The molecule has 0 spiro atoms. The minimum atomic E-state index is -0.0415. The number of hydrogen-bond donors (Lipinski definition) is 1. The van der Waals surface area contributed by atoms with Gasteiger partial charge in [-0.15, -0.1) is 23.1 Å². The molecule has 3 nitrogen and oxygen atoms in total. The first kappa shape index (κ1) is 18.7. The third-order valence-electron chi connectivity index (χ3n) is 4.21. The molecule has 1 amide bonds. The molecule has 1 N–H and O–H groups in total. The van der Waals surface area contributed by atoms with Crippen LogP contribution in [0.15, 0.2) is 46.7 Å². The maximum Gasteiger partial charge on any atom is 0.230 e. The summed E-state index contributed by atoms with van der Waals surface area (Å²) in [6.07, 6.45) is 2.39. The van der Waals surface area contributed by atoms with Crippen LogP contribution in [0.4, 0.5) is 5.13 Å². The molecule has 0 aliphatic rings. The van der Waals surface area contributed by atoms with Crippen LogP contribution in [0.2, 0.25) is 0 Å². The molecular weight excluding hydrogens is 360 g/mol. The van der Waals surface area contributed by atoms with Crippen LogP contribution in [-0.2, 0) is 11.2 Å². The predicted octanol–water partition coefficient (Wildman–Crippen LogP) is 5.64. The number of nitrogens with zero attached hydrogens (tertiary/aromatic N) is 1. The maximum absolute atomic E-state index is 12.3. The van der Waals surface area contributed by atoms with E-state index >= 15 is 0 Å². The van der Waals surface area contributed by atoms with Crippen molar-refractivity contribution >= 4 is 34.1 Å². The van der Waals surface area contributed by atoms with Crippen LogP contribution < -0.4 is 5.32 Å². The van der Waals surface area contributed by atoms with E-state index in [1.54, 1.807) is 11.8 Å². The van der Waals surface area contributed by atoms with Crippen LogP contribution in [0.3, 0.4) is 0 Å². The Kier molecular flexibility index (Phi) is 5.79. The van der Waals surface area contributed by atoms with Crippen molar-refractivity contribution in [1.82, 2.24) is 4.98 Å². The standard InChI is InChI=1S/C21H22N2OS2/c1-13-9-14(2)20(15(3)10-13)18-12-26-21(22-18)23-19(24)11-16-5-7-17(25-4)8-6-16/h5-10,12H,11H2,1-4H3,(H,22,23,24). The van der Waals surface area contributed by atoms with Gasteiger partial charge < -0.3 is 5.32 Å². The second kappa shape index (κ2) is 8.06. The van der Waals surface area contributed by atoms with Crippen LogP contribution in [-0.4, -0.2) is 17.1 Å².